The highest BCUT2D eigenvalue weighted by molar-refractivity contribution is 5.99. The molecule has 1 aliphatic heterocycles. The number of nitrogens with one attached hydrogen (secondary N) is 1. The average molecular weight is 350 g/mol. The fourth-order valence-electron chi connectivity index (χ4n) is 3.37. The van der Waals surface area contributed by atoms with E-state index in [9.17, 15) is 8.78 Å². The van der Waals surface area contributed by atoms with Gasteiger partial charge in [0.15, 0.2) is 5.84 Å². The molecule has 3 aromatic rings. The Morgan fingerprint density at radius 3 is 1.96 bits per heavy atom. The largest absolute Gasteiger partial charge is 0.363 e. The first-order chi connectivity index (χ1) is 12.6. The molecule has 1 aromatic heterocycles. The zero-order valence-electron chi connectivity index (χ0n) is 14.0. The minimum atomic E-state index is -0.825. The van der Waals surface area contributed by atoms with Crippen LogP contribution in [0, 0.1) is 11.6 Å². The lowest BCUT2D eigenvalue weighted by Gasteiger charge is -2.32. The van der Waals surface area contributed by atoms with E-state index in [1.165, 1.54) is 24.3 Å². The minimum absolute atomic E-state index is 0.157. The molecule has 0 saturated carbocycles. The molecule has 130 valence electrons. The average Bonchev–Trinajstić information content (AvgIpc) is 3.02. The molecule has 0 bridgehead atoms. The van der Waals surface area contributed by atoms with Crippen molar-refractivity contribution >= 4 is 5.84 Å². The first kappa shape index (κ1) is 16.3. The van der Waals surface area contributed by atoms with Crippen molar-refractivity contribution in [3.8, 4) is 0 Å². The number of hydrogen-bond acceptors (Lipinski definition) is 4. The van der Waals surface area contributed by atoms with Crippen molar-refractivity contribution in [3.63, 3.8) is 0 Å². The predicted octanol–water partition coefficient (Wildman–Crippen LogP) is 3.44. The van der Waals surface area contributed by atoms with Crippen LogP contribution in [0.5, 0.6) is 0 Å². The van der Waals surface area contributed by atoms with Crippen LogP contribution in [0.4, 0.5) is 8.78 Å². The molecule has 0 spiro atoms. The number of aliphatic imine (C=N–C) groups is 1. The highest BCUT2D eigenvalue weighted by Crippen LogP contribution is 2.40. The lowest BCUT2D eigenvalue weighted by Crippen LogP contribution is -2.41. The van der Waals surface area contributed by atoms with E-state index in [0.717, 1.165) is 11.1 Å². The minimum Gasteiger partial charge on any atom is -0.363 e. The summed E-state index contributed by atoms with van der Waals surface area (Å²) in [5.41, 5.74) is 1.41. The van der Waals surface area contributed by atoms with Crippen LogP contribution in [0.1, 0.15) is 23.7 Å². The quantitative estimate of drug-likeness (QED) is 0.787. The van der Waals surface area contributed by atoms with Crippen molar-refractivity contribution in [2.45, 2.75) is 18.5 Å². The first-order valence-electron chi connectivity index (χ1n) is 8.24. The van der Waals surface area contributed by atoms with Gasteiger partial charge in [-0.2, -0.15) is 0 Å². The molecule has 1 aliphatic rings. The van der Waals surface area contributed by atoms with Crippen LogP contribution in [-0.2, 0) is 5.54 Å². The Morgan fingerprint density at radius 2 is 1.46 bits per heavy atom. The lowest BCUT2D eigenvalue weighted by atomic mass is 9.79. The molecule has 4 nitrogen and oxygen atoms in total. The van der Waals surface area contributed by atoms with Crippen LogP contribution in [0.3, 0.4) is 0 Å². The van der Waals surface area contributed by atoms with Crippen LogP contribution in [0.2, 0.25) is 0 Å². The van der Waals surface area contributed by atoms with E-state index in [0.29, 0.717) is 11.5 Å². The van der Waals surface area contributed by atoms with Gasteiger partial charge in [0.2, 0.25) is 0 Å². The van der Waals surface area contributed by atoms with Crippen LogP contribution >= 0.6 is 0 Å². The third-order valence-electron chi connectivity index (χ3n) is 4.64. The molecule has 1 N–H and O–H groups in total. The summed E-state index contributed by atoms with van der Waals surface area (Å²) in [7, 11) is 0. The SMILES string of the molecule is CC1NC(c2cnccn2)=NC1(c1ccc(F)cc1)c1ccc(F)cc1. The van der Waals surface area contributed by atoms with Gasteiger partial charge in [0.05, 0.1) is 12.2 Å². The Labute approximate surface area is 149 Å². The normalized spacial score (nSPS) is 18.3. The number of amidine groups is 1. The Kier molecular flexibility index (Phi) is 3.95. The number of benzene rings is 2. The molecule has 0 aliphatic carbocycles. The van der Waals surface area contributed by atoms with Gasteiger partial charge in [0, 0.05) is 12.4 Å². The van der Waals surface area contributed by atoms with Crippen molar-refractivity contribution in [2.75, 3.05) is 0 Å². The van der Waals surface area contributed by atoms with Crippen molar-refractivity contribution in [3.05, 3.63) is 95.6 Å². The van der Waals surface area contributed by atoms with Crippen LogP contribution in [0.15, 0.2) is 72.1 Å². The van der Waals surface area contributed by atoms with Gasteiger partial charge in [-0.05, 0) is 42.3 Å². The third-order valence-corrected chi connectivity index (χ3v) is 4.64. The molecule has 6 heteroatoms. The standard InChI is InChI=1S/C20H16F2N4/c1-13-20(14-2-6-16(21)7-3-14,15-4-8-17(22)9-5-15)26-19(25-13)18-12-23-10-11-24-18/h2-13H,1H3,(H,25,26). The van der Waals surface area contributed by atoms with Gasteiger partial charge in [0.25, 0.3) is 0 Å². The van der Waals surface area contributed by atoms with Gasteiger partial charge >= 0.3 is 0 Å². The van der Waals surface area contributed by atoms with E-state index in [2.05, 4.69) is 15.3 Å². The van der Waals surface area contributed by atoms with E-state index in [-0.39, 0.29) is 17.7 Å². The van der Waals surface area contributed by atoms with Crippen LogP contribution in [-0.4, -0.2) is 21.8 Å². The Morgan fingerprint density at radius 1 is 0.885 bits per heavy atom. The van der Waals surface area contributed by atoms with Gasteiger partial charge in [-0.3, -0.25) is 4.98 Å². The van der Waals surface area contributed by atoms with Gasteiger partial charge in [0.1, 0.15) is 22.9 Å². The third kappa shape index (κ3) is 2.63. The van der Waals surface area contributed by atoms with Crippen molar-refractivity contribution < 1.29 is 8.78 Å². The van der Waals surface area contributed by atoms with Gasteiger partial charge < -0.3 is 5.32 Å². The summed E-state index contributed by atoms with van der Waals surface area (Å²) in [6.07, 6.45) is 4.82. The summed E-state index contributed by atoms with van der Waals surface area (Å²) < 4.78 is 26.9. The fourth-order valence-corrected chi connectivity index (χ4v) is 3.37. The maximum atomic E-state index is 13.5. The van der Waals surface area contributed by atoms with Crippen LogP contribution in [0.25, 0.3) is 0 Å². The molecule has 0 radical (unpaired) electrons. The molecule has 26 heavy (non-hydrogen) atoms. The molecule has 0 fully saturated rings. The highest BCUT2D eigenvalue weighted by Gasteiger charge is 2.45. The summed E-state index contributed by atoms with van der Waals surface area (Å²) in [5, 5.41) is 3.35. The summed E-state index contributed by atoms with van der Waals surface area (Å²) in [6.45, 7) is 1.99. The predicted molar refractivity (Wildman–Crippen MR) is 94.7 cm³/mol. The summed E-state index contributed by atoms with van der Waals surface area (Å²) in [4.78, 5) is 13.3. The Hall–Kier alpha value is -3.15. The second-order valence-electron chi connectivity index (χ2n) is 6.20. The number of halogens is 2. The van der Waals surface area contributed by atoms with E-state index in [1.807, 2.05) is 6.92 Å². The smallest absolute Gasteiger partial charge is 0.150 e. The molecule has 1 atom stereocenters. The molecule has 1 unspecified atom stereocenters. The van der Waals surface area contributed by atoms with Gasteiger partial charge in [-0.25, -0.2) is 18.8 Å². The zero-order chi connectivity index (χ0) is 18.1. The molecule has 2 aromatic carbocycles. The van der Waals surface area contributed by atoms with Crippen molar-refractivity contribution in [1.82, 2.24) is 15.3 Å². The number of aromatic nitrogens is 2. The lowest BCUT2D eigenvalue weighted by molar-refractivity contribution is 0.452. The molecule has 4 rings (SSSR count). The second kappa shape index (κ2) is 6.29. The molecular weight excluding hydrogens is 334 g/mol. The van der Waals surface area contributed by atoms with E-state index in [4.69, 9.17) is 4.99 Å². The van der Waals surface area contributed by atoms with Gasteiger partial charge in [-0.15, -0.1) is 0 Å². The number of hydrogen-bond donors (Lipinski definition) is 1. The topological polar surface area (TPSA) is 50.2 Å². The Balaban J connectivity index is 1.92. The maximum absolute atomic E-state index is 13.5. The van der Waals surface area contributed by atoms with E-state index in [1.54, 1.807) is 42.9 Å². The summed E-state index contributed by atoms with van der Waals surface area (Å²) in [5.74, 6) is -0.0428. The Bertz CT molecular complexity index is 892. The fraction of sp³-hybridized carbons (Fsp3) is 0.150. The first-order valence-corrected chi connectivity index (χ1v) is 8.24. The summed E-state index contributed by atoms with van der Waals surface area (Å²) >= 11 is 0. The maximum Gasteiger partial charge on any atom is 0.150 e. The van der Waals surface area contributed by atoms with E-state index < -0.39 is 5.54 Å². The molecule has 0 amide bonds. The van der Waals surface area contributed by atoms with Gasteiger partial charge in [-0.1, -0.05) is 24.3 Å². The molecule has 2 heterocycles. The van der Waals surface area contributed by atoms with Crippen molar-refractivity contribution in [1.29, 1.82) is 0 Å². The second-order valence-corrected chi connectivity index (χ2v) is 6.20. The summed E-state index contributed by atoms with van der Waals surface area (Å²) in [6, 6.07) is 12.3. The monoisotopic (exact) mass is 350 g/mol. The molecule has 0 saturated heterocycles. The van der Waals surface area contributed by atoms with Crippen molar-refractivity contribution in [2.24, 2.45) is 4.99 Å². The highest BCUT2D eigenvalue weighted by atomic mass is 19.1. The van der Waals surface area contributed by atoms with Crippen LogP contribution < -0.4 is 5.32 Å². The van der Waals surface area contributed by atoms with E-state index >= 15 is 0 Å². The molecular formula is C20H16F2N4. The number of rotatable bonds is 3. The number of nitrogens with zero attached hydrogens (tertiary/aromatic N) is 3. The zero-order valence-corrected chi connectivity index (χ0v) is 14.0.